The Morgan fingerprint density at radius 2 is 1.82 bits per heavy atom. The van der Waals surface area contributed by atoms with Gasteiger partial charge in [-0.2, -0.15) is 0 Å². The second-order valence-electron chi connectivity index (χ2n) is 4.93. The smallest absolute Gasteiger partial charge is 0.175 e. The standard InChI is InChI=1S/C18H14O2S2/c19-16-11-18(21)22-17(16)10-13-6-8-15(9-7-13)20-12-14-4-2-1-3-5-14/h1-10H,11-12H2/b17-10+. The van der Waals surface area contributed by atoms with Crippen molar-refractivity contribution in [1.29, 1.82) is 0 Å². The average molecular weight is 326 g/mol. The van der Waals surface area contributed by atoms with Gasteiger partial charge in [0.25, 0.3) is 0 Å². The third-order valence-corrected chi connectivity index (χ3v) is 4.56. The van der Waals surface area contributed by atoms with Crippen molar-refractivity contribution in [3.63, 3.8) is 0 Å². The van der Waals surface area contributed by atoms with Crippen LogP contribution in [-0.4, -0.2) is 9.98 Å². The van der Waals surface area contributed by atoms with Gasteiger partial charge in [0.15, 0.2) is 5.78 Å². The van der Waals surface area contributed by atoms with Crippen molar-refractivity contribution in [2.24, 2.45) is 0 Å². The summed E-state index contributed by atoms with van der Waals surface area (Å²) in [6, 6.07) is 17.8. The number of hydrogen-bond donors (Lipinski definition) is 0. The number of Topliss-reactive ketones (excluding diaryl/α,β-unsaturated/α-hetero) is 1. The maximum absolute atomic E-state index is 11.7. The minimum Gasteiger partial charge on any atom is -0.489 e. The summed E-state index contributed by atoms with van der Waals surface area (Å²) in [5, 5.41) is 0. The number of benzene rings is 2. The molecule has 0 unspecified atom stereocenters. The highest BCUT2D eigenvalue weighted by Gasteiger charge is 2.22. The lowest BCUT2D eigenvalue weighted by Crippen LogP contribution is -1.94. The first-order valence-corrected chi connectivity index (χ1v) is 8.15. The van der Waals surface area contributed by atoms with E-state index in [1.807, 2.05) is 60.7 Å². The summed E-state index contributed by atoms with van der Waals surface area (Å²) in [4.78, 5) is 12.4. The molecule has 0 spiro atoms. The SMILES string of the molecule is O=C1CC(=S)S/C1=C/c1ccc(OCc2ccccc2)cc1. The molecule has 2 aromatic rings. The Kier molecular flexibility index (Phi) is 4.71. The maximum Gasteiger partial charge on any atom is 0.175 e. The first-order chi connectivity index (χ1) is 10.7. The molecular formula is C18H14O2S2. The molecule has 0 N–H and O–H groups in total. The lowest BCUT2D eigenvalue weighted by molar-refractivity contribution is -0.113. The van der Waals surface area contributed by atoms with Gasteiger partial charge in [0.1, 0.15) is 12.4 Å². The van der Waals surface area contributed by atoms with E-state index in [4.69, 9.17) is 17.0 Å². The molecule has 2 nitrogen and oxygen atoms in total. The molecule has 1 aliphatic heterocycles. The van der Waals surface area contributed by atoms with Crippen LogP contribution in [0.15, 0.2) is 59.5 Å². The molecule has 0 atom stereocenters. The molecular weight excluding hydrogens is 312 g/mol. The molecule has 0 aromatic heterocycles. The molecule has 4 heteroatoms. The van der Waals surface area contributed by atoms with Gasteiger partial charge >= 0.3 is 0 Å². The van der Waals surface area contributed by atoms with Crippen molar-refractivity contribution >= 4 is 40.0 Å². The van der Waals surface area contributed by atoms with E-state index in [0.717, 1.165) is 26.0 Å². The maximum atomic E-state index is 11.7. The third kappa shape index (κ3) is 3.84. The molecule has 0 saturated carbocycles. The molecule has 110 valence electrons. The Balaban J connectivity index is 1.64. The Morgan fingerprint density at radius 3 is 2.45 bits per heavy atom. The largest absolute Gasteiger partial charge is 0.489 e. The monoisotopic (exact) mass is 326 g/mol. The van der Waals surface area contributed by atoms with Gasteiger partial charge < -0.3 is 4.74 Å². The highest BCUT2D eigenvalue weighted by atomic mass is 32.2. The second-order valence-corrected chi connectivity index (χ2v) is 6.81. The number of rotatable bonds is 4. The quantitative estimate of drug-likeness (QED) is 0.604. The minimum atomic E-state index is 0.111. The number of ether oxygens (including phenoxy) is 1. The van der Waals surface area contributed by atoms with E-state index in [1.165, 1.54) is 11.8 Å². The van der Waals surface area contributed by atoms with Gasteiger partial charge in [-0.3, -0.25) is 4.79 Å². The molecule has 3 rings (SSSR count). The fourth-order valence-electron chi connectivity index (χ4n) is 2.10. The average Bonchev–Trinajstić information content (AvgIpc) is 2.85. The van der Waals surface area contributed by atoms with E-state index >= 15 is 0 Å². The van der Waals surface area contributed by atoms with Gasteiger partial charge in [-0.1, -0.05) is 66.4 Å². The normalized spacial score (nSPS) is 16.3. The number of thioether (sulfide) groups is 1. The van der Waals surface area contributed by atoms with Crippen LogP contribution in [0.2, 0.25) is 0 Å². The van der Waals surface area contributed by atoms with E-state index in [2.05, 4.69) is 0 Å². The van der Waals surface area contributed by atoms with Crippen molar-refractivity contribution in [2.45, 2.75) is 13.0 Å². The van der Waals surface area contributed by atoms with Crippen molar-refractivity contribution in [3.8, 4) is 5.75 Å². The van der Waals surface area contributed by atoms with Crippen molar-refractivity contribution in [2.75, 3.05) is 0 Å². The van der Waals surface area contributed by atoms with Crippen LogP contribution in [0.4, 0.5) is 0 Å². The molecule has 1 saturated heterocycles. The van der Waals surface area contributed by atoms with Crippen LogP contribution >= 0.6 is 24.0 Å². The van der Waals surface area contributed by atoms with Gasteiger partial charge in [0, 0.05) is 0 Å². The van der Waals surface area contributed by atoms with Crippen molar-refractivity contribution < 1.29 is 9.53 Å². The lowest BCUT2D eigenvalue weighted by Gasteiger charge is -2.06. The molecule has 22 heavy (non-hydrogen) atoms. The van der Waals surface area contributed by atoms with Gasteiger partial charge in [-0.05, 0) is 29.3 Å². The van der Waals surface area contributed by atoms with E-state index < -0.39 is 0 Å². The summed E-state index contributed by atoms with van der Waals surface area (Å²) in [7, 11) is 0. The van der Waals surface area contributed by atoms with E-state index in [-0.39, 0.29) is 5.78 Å². The summed E-state index contributed by atoms with van der Waals surface area (Å²) in [5.74, 6) is 0.923. The first kappa shape index (κ1) is 15.0. The molecule has 1 aliphatic rings. The molecule has 0 aliphatic carbocycles. The fraction of sp³-hybridized carbons (Fsp3) is 0.111. The minimum absolute atomic E-state index is 0.111. The predicted octanol–water partition coefficient (Wildman–Crippen LogP) is 4.64. The van der Waals surface area contributed by atoms with Crippen LogP contribution in [0.1, 0.15) is 17.5 Å². The van der Waals surface area contributed by atoms with Gasteiger partial charge in [0.2, 0.25) is 0 Å². The first-order valence-electron chi connectivity index (χ1n) is 6.93. The summed E-state index contributed by atoms with van der Waals surface area (Å²) >= 11 is 6.46. The number of carbonyl (C=O) groups excluding carboxylic acids is 1. The molecule has 0 bridgehead atoms. The fourth-order valence-corrected chi connectivity index (χ4v) is 3.33. The van der Waals surface area contributed by atoms with Crippen LogP contribution in [0.3, 0.4) is 0 Å². The Bertz CT molecular complexity index is 719. The van der Waals surface area contributed by atoms with Gasteiger partial charge in [-0.25, -0.2) is 0 Å². The molecule has 0 amide bonds. The molecule has 1 fully saturated rings. The van der Waals surface area contributed by atoms with Crippen molar-refractivity contribution in [1.82, 2.24) is 0 Å². The molecule has 1 heterocycles. The second kappa shape index (κ2) is 6.90. The number of ketones is 1. The van der Waals surface area contributed by atoms with E-state index in [9.17, 15) is 4.79 Å². The van der Waals surface area contributed by atoms with Crippen LogP contribution in [-0.2, 0) is 11.4 Å². The van der Waals surface area contributed by atoms with Gasteiger partial charge in [-0.15, -0.1) is 0 Å². The highest BCUT2D eigenvalue weighted by molar-refractivity contribution is 8.27. The highest BCUT2D eigenvalue weighted by Crippen LogP contribution is 2.32. The zero-order valence-corrected chi connectivity index (χ0v) is 13.5. The number of carbonyl (C=O) groups is 1. The lowest BCUT2D eigenvalue weighted by atomic mass is 10.1. The third-order valence-electron chi connectivity index (χ3n) is 3.23. The molecule has 0 radical (unpaired) electrons. The Labute approximate surface area is 139 Å². The summed E-state index contributed by atoms with van der Waals surface area (Å²) < 4.78 is 6.49. The van der Waals surface area contributed by atoms with E-state index in [1.54, 1.807) is 0 Å². The van der Waals surface area contributed by atoms with Crippen molar-refractivity contribution in [3.05, 3.63) is 70.6 Å². The summed E-state index contributed by atoms with van der Waals surface area (Å²) in [5.41, 5.74) is 2.11. The predicted molar refractivity (Wildman–Crippen MR) is 95.0 cm³/mol. The number of allylic oxidation sites excluding steroid dienone is 1. The topological polar surface area (TPSA) is 26.3 Å². The van der Waals surface area contributed by atoms with Crippen LogP contribution in [0.25, 0.3) is 6.08 Å². The zero-order chi connectivity index (χ0) is 15.4. The van der Waals surface area contributed by atoms with Crippen LogP contribution in [0, 0.1) is 0 Å². The molecule has 2 aromatic carbocycles. The Hall–Kier alpha value is -1.91. The zero-order valence-electron chi connectivity index (χ0n) is 11.8. The number of thiocarbonyl (C=S) groups is 1. The van der Waals surface area contributed by atoms with Gasteiger partial charge in [0.05, 0.1) is 15.5 Å². The number of hydrogen-bond acceptors (Lipinski definition) is 4. The summed E-state index contributed by atoms with van der Waals surface area (Å²) in [6.07, 6.45) is 2.26. The van der Waals surface area contributed by atoms with E-state index in [0.29, 0.717) is 13.0 Å². The Morgan fingerprint density at radius 1 is 1.09 bits per heavy atom. The van der Waals surface area contributed by atoms with Crippen LogP contribution < -0.4 is 4.74 Å². The van der Waals surface area contributed by atoms with Crippen LogP contribution in [0.5, 0.6) is 5.75 Å². The summed E-state index contributed by atoms with van der Waals surface area (Å²) in [6.45, 7) is 0.546.